The van der Waals surface area contributed by atoms with E-state index in [2.05, 4.69) is 10.3 Å². The van der Waals surface area contributed by atoms with E-state index < -0.39 is 47.6 Å². The van der Waals surface area contributed by atoms with Crippen molar-refractivity contribution in [2.24, 2.45) is 11.8 Å². The molecule has 0 saturated heterocycles. The minimum Gasteiger partial charge on any atom is -0.503 e. The zero-order valence-corrected chi connectivity index (χ0v) is 21.6. The number of nitrogens with one attached hydrogen (secondary N) is 1. The maximum absolute atomic E-state index is 13.1. The van der Waals surface area contributed by atoms with Gasteiger partial charge in [0.15, 0.2) is 17.2 Å². The number of halogens is 3. The summed E-state index contributed by atoms with van der Waals surface area (Å²) in [6.07, 6.45) is -4.13. The van der Waals surface area contributed by atoms with E-state index in [1.807, 2.05) is 20.8 Å². The predicted octanol–water partition coefficient (Wildman–Crippen LogP) is 4.99. The smallest absolute Gasteiger partial charge is 0.416 e. The molecule has 0 radical (unpaired) electrons. The first-order valence-corrected chi connectivity index (χ1v) is 11.9. The first-order chi connectivity index (χ1) is 17.3. The summed E-state index contributed by atoms with van der Waals surface area (Å²) in [5.41, 5.74) is -1.11. The third-order valence-electron chi connectivity index (χ3n) is 5.95. The molecule has 2 N–H and O–H groups in total. The number of rotatable bonds is 11. The SMILES string of the molecule is CC[C@H](C)[C@H](NC(=O)c1nccc(OC)c1O)C(=O)O[C@@H](C)[C@H](Oc1ccc(C(F)(F)F)cc1)C(C)C. The van der Waals surface area contributed by atoms with E-state index in [0.29, 0.717) is 6.42 Å². The Hall–Kier alpha value is -3.50. The lowest BCUT2D eigenvalue weighted by molar-refractivity contribution is -0.157. The Bertz CT molecular complexity index is 1060. The number of ether oxygens (including phenoxy) is 3. The summed E-state index contributed by atoms with van der Waals surface area (Å²) in [5, 5.41) is 12.8. The first kappa shape index (κ1) is 29.7. The average molecular weight is 527 g/mol. The van der Waals surface area contributed by atoms with Crippen molar-refractivity contribution in [3.8, 4) is 17.2 Å². The number of esters is 1. The average Bonchev–Trinajstić information content (AvgIpc) is 2.84. The molecule has 0 aliphatic heterocycles. The second-order valence-electron chi connectivity index (χ2n) is 9.04. The van der Waals surface area contributed by atoms with Crippen LogP contribution in [0.2, 0.25) is 0 Å². The van der Waals surface area contributed by atoms with Crippen molar-refractivity contribution in [3.63, 3.8) is 0 Å². The van der Waals surface area contributed by atoms with Crippen LogP contribution in [0.4, 0.5) is 13.2 Å². The summed E-state index contributed by atoms with van der Waals surface area (Å²) in [6, 6.07) is 4.58. The van der Waals surface area contributed by atoms with Crippen molar-refractivity contribution in [2.45, 2.75) is 65.5 Å². The molecule has 0 aliphatic carbocycles. The number of carbonyl (C=O) groups is 2. The van der Waals surface area contributed by atoms with Gasteiger partial charge in [0, 0.05) is 12.3 Å². The Kier molecular flexibility index (Phi) is 10.2. The molecule has 2 aromatic rings. The Morgan fingerprint density at radius 2 is 1.70 bits per heavy atom. The van der Waals surface area contributed by atoms with E-state index in [1.54, 1.807) is 13.8 Å². The van der Waals surface area contributed by atoms with Gasteiger partial charge in [-0.2, -0.15) is 13.2 Å². The molecule has 37 heavy (non-hydrogen) atoms. The van der Waals surface area contributed by atoms with Gasteiger partial charge < -0.3 is 24.6 Å². The van der Waals surface area contributed by atoms with Gasteiger partial charge in [0.1, 0.15) is 24.0 Å². The van der Waals surface area contributed by atoms with Crippen LogP contribution >= 0.6 is 0 Å². The second-order valence-corrected chi connectivity index (χ2v) is 9.04. The van der Waals surface area contributed by atoms with E-state index in [1.165, 1.54) is 31.5 Å². The molecule has 11 heteroatoms. The number of pyridine rings is 1. The molecule has 4 atom stereocenters. The maximum Gasteiger partial charge on any atom is 0.416 e. The largest absolute Gasteiger partial charge is 0.503 e. The molecule has 0 aliphatic rings. The standard InChI is InChI=1S/C26H33F3N2O6/c1-7-15(4)20(31-24(33)21-22(32)19(35-6)12-13-30-21)25(34)36-16(5)23(14(2)3)37-18-10-8-17(9-11-18)26(27,28)29/h8-16,20,23,32H,7H2,1-6H3,(H,31,33)/t15-,16-,20-,23+/m0/s1. The molecule has 1 amide bonds. The van der Waals surface area contributed by atoms with Gasteiger partial charge in [0.2, 0.25) is 0 Å². The maximum atomic E-state index is 13.1. The molecule has 204 valence electrons. The van der Waals surface area contributed by atoms with E-state index in [0.717, 1.165) is 12.1 Å². The van der Waals surface area contributed by atoms with Gasteiger partial charge >= 0.3 is 12.1 Å². The number of methoxy groups -OCH3 is 1. The molecule has 0 spiro atoms. The minimum absolute atomic E-state index is 0.0524. The number of nitrogens with zero attached hydrogens (tertiary/aromatic N) is 1. The molecule has 0 unspecified atom stereocenters. The zero-order valence-electron chi connectivity index (χ0n) is 21.6. The number of benzene rings is 1. The number of hydrogen-bond acceptors (Lipinski definition) is 7. The van der Waals surface area contributed by atoms with Crippen LogP contribution < -0.4 is 14.8 Å². The molecule has 1 aromatic heterocycles. The summed E-state index contributed by atoms with van der Waals surface area (Å²) in [7, 11) is 1.33. The Balaban J connectivity index is 2.17. The number of hydrogen-bond donors (Lipinski definition) is 2. The van der Waals surface area contributed by atoms with Crippen LogP contribution in [0.25, 0.3) is 0 Å². The van der Waals surface area contributed by atoms with Crippen LogP contribution in [-0.2, 0) is 15.7 Å². The van der Waals surface area contributed by atoms with Gasteiger partial charge in [-0.3, -0.25) is 4.79 Å². The highest BCUT2D eigenvalue weighted by Crippen LogP contribution is 2.31. The monoisotopic (exact) mass is 526 g/mol. The highest BCUT2D eigenvalue weighted by Gasteiger charge is 2.34. The van der Waals surface area contributed by atoms with Gasteiger partial charge in [-0.05, 0) is 43.0 Å². The van der Waals surface area contributed by atoms with Gasteiger partial charge in [-0.25, -0.2) is 9.78 Å². The topological polar surface area (TPSA) is 107 Å². The van der Waals surface area contributed by atoms with Crippen LogP contribution in [-0.4, -0.2) is 47.3 Å². The third-order valence-corrected chi connectivity index (χ3v) is 5.95. The molecule has 0 bridgehead atoms. The lowest BCUT2D eigenvalue weighted by Gasteiger charge is -2.30. The van der Waals surface area contributed by atoms with E-state index in [4.69, 9.17) is 14.2 Å². The first-order valence-electron chi connectivity index (χ1n) is 11.9. The fourth-order valence-corrected chi connectivity index (χ4v) is 3.62. The highest BCUT2D eigenvalue weighted by molar-refractivity contribution is 5.98. The number of carbonyl (C=O) groups excluding carboxylic acids is 2. The van der Waals surface area contributed by atoms with Crippen LogP contribution in [0, 0.1) is 11.8 Å². The summed E-state index contributed by atoms with van der Waals surface area (Å²) < 4.78 is 55.1. The lowest BCUT2D eigenvalue weighted by atomic mass is 9.98. The van der Waals surface area contributed by atoms with Gasteiger partial charge in [-0.15, -0.1) is 0 Å². The molecule has 1 heterocycles. The fourth-order valence-electron chi connectivity index (χ4n) is 3.62. The molecule has 0 saturated carbocycles. The summed E-state index contributed by atoms with van der Waals surface area (Å²) in [5.74, 6) is -2.22. The van der Waals surface area contributed by atoms with Crippen LogP contribution in [0.1, 0.15) is 57.1 Å². The lowest BCUT2D eigenvalue weighted by Crippen LogP contribution is -2.48. The quantitative estimate of drug-likeness (QED) is 0.397. The molecule has 8 nitrogen and oxygen atoms in total. The second kappa shape index (κ2) is 12.6. The summed E-state index contributed by atoms with van der Waals surface area (Å²) in [4.78, 5) is 29.9. The number of alkyl halides is 3. The van der Waals surface area contributed by atoms with Gasteiger partial charge in [0.25, 0.3) is 5.91 Å². The molecular formula is C26H33F3N2O6. The van der Waals surface area contributed by atoms with Crippen molar-refractivity contribution < 1.29 is 42.1 Å². The van der Waals surface area contributed by atoms with E-state index in [-0.39, 0.29) is 29.0 Å². The zero-order chi connectivity index (χ0) is 27.9. The van der Waals surface area contributed by atoms with Crippen molar-refractivity contribution in [3.05, 3.63) is 47.8 Å². The Morgan fingerprint density at radius 3 is 2.22 bits per heavy atom. The normalized spacial score (nSPS) is 14.9. The van der Waals surface area contributed by atoms with Crippen LogP contribution in [0.5, 0.6) is 17.2 Å². The third kappa shape index (κ3) is 7.74. The predicted molar refractivity (Wildman–Crippen MR) is 129 cm³/mol. The Morgan fingerprint density at radius 1 is 1.08 bits per heavy atom. The van der Waals surface area contributed by atoms with Gasteiger partial charge in [-0.1, -0.05) is 34.1 Å². The molecule has 0 fully saturated rings. The number of amides is 1. The highest BCUT2D eigenvalue weighted by atomic mass is 19.4. The van der Waals surface area contributed by atoms with E-state index in [9.17, 15) is 27.9 Å². The van der Waals surface area contributed by atoms with Crippen molar-refractivity contribution in [1.29, 1.82) is 0 Å². The fraction of sp³-hybridized carbons (Fsp3) is 0.500. The van der Waals surface area contributed by atoms with Crippen molar-refractivity contribution in [1.82, 2.24) is 10.3 Å². The summed E-state index contributed by atoms with van der Waals surface area (Å²) >= 11 is 0. The molecule has 1 aromatic carbocycles. The van der Waals surface area contributed by atoms with E-state index >= 15 is 0 Å². The number of aromatic hydroxyl groups is 1. The molecule has 2 rings (SSSR count). The van der Waals surface area contributed by atoms with Crippen LogP contribution in [0.15, 0.2) is 36.5 Å². The summed E-state index contributed by atoms with van der Waals surface area (Å²) in [6.45, 7) is 8.85. The minimum atomic E-state index is -4.47. The van der Waals surface area contributed by atoms with Crippen molar-refractivity contribution >= 4 is 11.9 Å². The Labute approximate surface area is 214 Å². The number of aromatic nitrogens is 1. The van der Waals surface area contributed by atoms with Crippen molar-refractivity contribution in [2.75, 3.05) is 7.11 Å². The van der Waals surface area contributed by atoms with Crippen LogP contribution in [0.3, 0.4) is 0 Å². The molecular weight excluding hydrogens is 493 g/mol. The van der Waals surface area contributed by atoms with Gasteiger partial charge in [0.05, 0.1) is 12.7 Å².